The Kier molecular flexibility index (Phi) is 5.50. The molecule has 36 heavy (non-hydrogen) atoms. The summed E-state index contributed by atoms with van der Waals surface area (Å²) in [7, 11) is 0. The van der Waals surface area contributed by atoms with Crippen molar-refractivity contribution in [3.05, 3.63) is 116 Å². The predicted molar refractivity (Wildman–Crippen MR) is 141 cm³/mol. The van der Waals surface area contributed by atoms with E-state index in [0.717, 1.165) is 15.8 Å². The number of hydrogen-bond donors (Lipinski definition) is 0. The number of halogens is 1. The Morgan fingerprint density at radius 3 is 2.58 bits per heavy atom. The number of hydrogen-bond acceptors (Lipinski definition) is 6. The van der Waals surface area contributed by atoms with Crippen LogP contribution in [0.4, 0.5) is 0 Å². The van der Waals surface area contributed by atoms with Crippen LogP contribution in [0.25, 0.3) is 26.3 Å². The standard InChI is InChI=1S/C26H19ClN6O2S/c1-16-24-20(12-23(34)31(16)15-18-8-5-9-22(27)29-18)32(14-17-6-3-2-4-7-17)33(25(24)35)26-30-19-10-11-28-13-21(19)36-26/h2-13H,14-15H2,1H3. The molecule has 0 amide bonds. The largest absolute Gasteiger partial charge is 0.306 e. The van der Waals surface area contributed by atoms with Crippen molar-refractivity contribution < 1.29 is 0 Å². The van der Waals surface area contributed by atoms with E-state index in [1.165, 1.54) is 17.4 Å². The fourth-order valence-electron chi connectivity index (χ4n) is 4.40. The Labute approximate surface area is 213 Å². The van der Waals surface area contributed by atoms with E-state index in [0.29, 0.717) is 39.1 Å². The number of rotatable bonds is 5. The van der Waals surface area contributed by atoms with Gasteiger partial charge < -0.3 is 4.57 Å². The monoisotopic (exact) mass is 514 g/mol. The molecule has 0 saturated heterocycles. The molecule has 0 radical (unpaired) electrons. The van der Waals surface area contributed by atoms with Crippen LogP contribution in [0.3, 0.4) is 0 Å². The van der Waals surface area contributed by atoms with Crippen LogP contribution in [-0.2, 0) is 13.1 Å². The van der Waals surface area contributed by atoms with E-state index in [-0.39, 0.29) is 17.7 Å². The lowest BCUT2D eigenvalue weighted by Crippen LogP contribution is -2.24. The van der Waals surface area contributed by atoms with Gasteiger partial charge in [-0.15, -0.1) is 0 Å². The predicted octanol–water partition coefficient (Wildman–Crippen LogP) is 4.41. The summed E-state index contributed by atoms with van der Waals surface area (Å²) in [4.78, 5) is 40.4. The second kappa shape index (κ2) is 8.85. The third kappa shape index (κ3) is 3.82. The van der Waals surface area contributed by atoms with Crippen molar-refractivity contribution in [2.24, 2.45) is 0 Å². The molecule has 0 N–H and O–H groups in total. The molecule has 5 heterocycles. The number of benzene rings is 1. The van der Waals surface area contributed by atoms with Crippen molar-refractivity contribution in [1.82, 2.24) is 28.9 Å². The van der Waals surface area contributed by atoms with E-state index in [4.69, 9.17) is 16.6 Å². The van der Waals surface area contributed by atoms with Gasteiger partial charge in [-0.05, 0) is 30.7 Å². The van der Waals surface area contributed by atoms with E-state index in [9.17, 15) is 9.59 Å². The molecule has 178 valence electrons. The van der Waals surface area contributed by atoms with Crippen molar-refractivity contribution >= 4 is 44.1 Å². The highest BCUT2D eigenvalue weighted by Gasteiger charge is 2.22. The number of pyridine rings is 3. The minimum absolute atomic E-state index is 0.206. The average molecular weight is 515 g/mol. The number of aromatic nitrogens is 6. The first kappa shape index (κ1) is 22.4. The van der Waals surface area contributed by atoms with E-state index in [1.54, 1.807) is 46.8 Å². The van der Waals surface area contributed by atoms with E-state index in [2.05, 4.69) is 9.97 Å². The zero-order chi connectivity index (χ0) is 24.8. The Hall–Kier alpha value is -4.08. The van der Waals surface area contributed by atoms with Crippen LogP contribution in [0.2, 0.25) is 5.15 Å². The summed E-state index contributed by atoms with van der Waals surface area (Å²) >= 11 is 7.43. The zero-order valence-corrected chi connectivity index (χ0v) is 20.7. The molecule has 8 nitrogen and oxygen atoms in total. The molecule has 0 aliphatic rings. The first-order valence-corrected chi connectivity index (χ1v) is 12.4. The van der Waals surface area contributed by atoms with E-state index in [1.807, 2.05) is 41.1 Å². The molecule has 6 aromatic rings. The summed E-state index contributed by atoms with van der Waals surface area (Å²) < 4.78 is 5.83. The molecule has 6 rings (SSSR count). The lowest BCUT2D eigenvalue weighted by Gasteiger charge is -2.12. The first-order valence-electron chi connectivity index (χ1n) is 11.2. The van der Waals surface area contributed by atoms with Crippen LogP contribution < -0.4 is 11.1 Å². The quantitative estimate of drug-likeness (QED) is 0.318. The summed E-state index contributed by atoms with van der Waals surface area (Å²) in [6.45, 7) is 2.39. The molecule has 0 spiro atoms. The van der Waals surface area contributed by atoms with Gasteiger partial charge in [0.1, 0.15) is 5.15 Å². The van der Waals surface area contributed by atoms with Gasteiger partial charge in [0.15, 0.2) is 0 Å². The second-order valence-electron chi connectivity index (χ2n) is 8.37. The number of fused-ring (bicyclic) bond motifs is 2. The molecule has 1 aromatic carbocycles. The van der Waals surface area contributed by atoms with Crippen LogP contribution in [0.5, 0.6) is 0 Å². The van der Waals surface area contributed by atoms with Gasteiger partial charge in [-0.1, -0.05) is 59.3 Å². The Bertz CT molecular complexity index is 1840. The van der Waals surface area contributed by atoms with Gasteiger partial charge >= 0.3 is 0 Å². The van der Waals surface area contributed by atoms with Crippen LogP contribution in [-0.4, -0.2) is 28.9 Å². The van der Waals surface area contributed by atoms with Gasteiger partial charge in [-0.2, -0.15) is 4.68 Å². The van der Waals surface area contributed by atoms with Gasteiger partial charge in [0.25, 0.3) is 11.1 Å². The van der Waals surface area contributed by atoms with Crippen LogP contribution in [0, 0.1) is 6.92 Å². The van der Waals surface area contributed by atoms with Gasteiger partial charge in [0.05, 0.1) is 39.9 Å². The molecule has 0 saturated carbocycles. The van der Waals surface area contributed by atoms with Crippen molar-refractivity contribution in [3.63, 3.8) is 0 Å². The van der Waals surface area contributed by atoms with Gasteiger partial charge in [0, 0.05) is 24.2 Å². The molecular formula is C26H19ClN6O2S. The highest BCUT2D eigenvalue weighted by Crippen LogP contribution is 2.26. The van der Waals surface area contributed by atoms with Gasteiger partial charge in [0.2, 0.25) is 5.13 Å². The number of aryl methyl sites for hydroxylation is 1. The van der Waals surface area contributed by atoms with Crippen LogP contribution >= 0.6 is 22.9 Å². The maximum absolute atomic E-state index is 13.9. The summed E-state index contributed by atoms with van der Waals surface area (Å²) in [6.07, 6.45) is 3.41. The average Bonchev–Trinajstić information content (AvgIpc) is 3.41. The summed E-state index contributed by atoms with van der Waals surface area (Å²) in [5.41, 5.74) is 3.04. The normalized spacial score (nSPS) is 11.5. The Balaban J connectivity index is 1.61. The lowest BCUT2D eigenvalue weighted by molar-refractivity contribution is 0.610. The van der Waals surface area contributed by atoms with Crippen molar-refractivity contribution in [1.29, 1.82) is 0 Å². The van der Waals surface area contributed by atoms with E-state index < -0.39 is 0 Å². The topological polar surface area (TPSA) is 87.6 Å². The second-order valence-corrected chi connectivity index (χ2v) is 9.76. The minimum Gasteiger partial charge on any atom is -0.306 e. The van der Waals surface area contributed by atoms with Gasteiger partial charge in [-0.3, -0.25) is 19.3 Å². The van der Waals surface area contributed by atoms with E-state index >= 15 is 0 Å². The fourth-order valence-corrected chi connectivity index (χ4v) is 5.52. The van der Waals surface area contributed by atoms with Crippen molar-refractivity contribution in [2.75, 3.05) is 0 Å². The molecule has 0 atom stereocenters. The van der Waals surface area contributed by atoms with Crippen LogP contribution in [0.1, 0.15) is 17.0 Å². The maximum atomic E-state index is 13.9. The summed E-state index contributed by atoms with van der Waals surface area (Å²) in [6, 6.07) is 18.4. The molecular weight excluding hydrogens is 496 g/mol. The molecule has 0 bridgehead atoms. The molecule has 5 aromatic heterocycles. The zero-order valence-electron chi connectivity index (χ0n) is 19.1. The third-order valence-corrected chi connectivity index (χ3v) is 7.30. The molecule has 10 heteroatoms. The van der Waals surface area contributed by atoms with Crippen LogP contribution in [0.15, 0.2) is 82.6 Å². The Morgan fingerprint density at radius 1 is 0.972 bits per heavy atom. The maximum Gasteiger partial charge on any atom is 0.283 e. The molecule has 0 fully saturated rings. The summed E-state index contributed by atoms with van der Waals surface area (Å²) in [5.74, 6) is 0. The van der Waals surface area contributed by atoms with Crippen molar-refractivity contribution in [3.8, 4) is 5.13 Å². The van der Waals surface area contributed by atoms with Crippen molar-refractivity contribution in [2.45, 2.75) is 20.0 Å². The SMILES string of the molecule is Cc1c2c(=O)n(-c3nc4ccncc4s3)n(Cc3ccccc3)c2cc(=O)n1Cc1cccc(Cl)n1. The highest BCUT2D eigenvalue weighted by molar-refractivity contribution is 7.20. The highest BCUT2D eigenvalue weighted by atomic mass is 35.5. The lowest BCUT2D eigenvalue weighted by atomic mass is 10.2. The number of nitrogens with zero attached hydrogens (tertiary/aromatic N) is 6. The Morgan fingerprint density at radius 2 is 1.81 bits per heavy atom. The fraction of sp³-hybridized carbons (Fsp3) is 0.115. The molecule has 0 aliphatic heterocycles. The molecule has 0 aliphatic carbocycles. The third-order valence-electron chi connectivity index (χ3n) is 6.10. The van der Waals surface area contributed by atoms with Gasteiger partial charge in [-0.25, -0.2) is 9.97 Å². The smallest absolute Gasteiger partial charge is 0.283 e. The molecule has 0 unspecified atom stereocenters. The summed E-state index contributed by atoms with van der Waals surface area (Å²) in [5, 5.41) is 1.33. The minimum atomic E-state index is -0.238. The first-order chi connectivity index (χ1) is 17.5. The number of thiazole rings is 1.